The molecular weight excluding hydrogens is 216 g/mol. The van der Waals surface area contributed by atoms with E-state index < -0.39 is 0 Å². The second-order valence-electron chi connectivity index (χ2n) is 4.93. The Bertz CT molecular complexity index is 377. The van der Waals surface area contributed by atoms with Gasteiger partial charge in [0.25, 0.3) is 0 Å². The smallest absolute Gasteiger partial charge is 0.224 e. The summed E-state index contributed by atoms with van der Waals surface area (Å²) >= 11 is 0. The molecule has 1 N–H and O–H groups in total. The molecular formula is C12H18N4O. The number of nitrogens with zero attached hydrogens (tertiary/aromatic N) is 3. The zero-order valence-electron chi connectivity index (χ0n) is 9.88. The molecule has 3 heterocycles. The van der Waals surface area contributed by atoms with Gasteiger partial charge < -0.3 is 10.2 Å². The van der Waals surface area contributed by atoms with E-state index in [0.717, 1.165) is 19.6 Å². The molecule has 1 aromatic heterocycles. The molecule has 2 aliphatic rings. The van der Waals surface area contributed by atoms with Crippen molar-refractivity contribution >= 4 is 5.91 Å². The zero-order valence-corrected chi connectivity index (χ0v) is 9.88. The average molecular weight is 234 g/mol. The molecule has 2 saturated heterocycles. The van der Waals surface area contributed by atoms with Crippen LogP contribution in [0, 0.1) is 5.92 Å². The van der Waals surface area contributed by atoms with Crippen LogP contribution in [0.4, 0.5) is 0 Å². The van der Waals surface area contributed by atoms with E-state index in [1.807, 2.05) is 21.8 Å². The molecule has 92 valence electrons. The number of amides is 1. The fourth-order valence-corrected chi connectivity index (χ4v) is 2.85. The Hall–Kier alpha value is -1.36. The van der Waals surface area contributed by atoms with Crippen LogP contribution < -0.4 is 5.32 Å². The minimum Gasteiger partial charge on any atom is -0.341 e. The number of hydrogen-bond acceptors (Lipinski definition) is 3. The van der Waals surface area contributed by atoms with Crippen molar-refractivity contribution < 1.29 is 4.79 Å². The van der Waals surface area contributed by atoms with Crippen LogP contribution in [0.1, 0.15) is 12.8 Å². The van der Waals surface area contributed by atoms with E-state index >= 15 is 0 Å². The maximum atomic E-state index is 12.0. The number of hydrogen-bond donors (Lipinski definition) is 1. The van der Waals surface area contributed by atoms with E-state index in [2.05, 4.69) is 10.4 Å². The zero-order chi connectivity index (χ0) is 11.7. The fraction of sp³-hybridized carbons (Fsp3) is 0.667. The third-order valence-corrected chi connectivity index (χ3v) is 3.83. The van der Waals surface area contributed by atoms with Gasteiger partial charge in [-0.1, -0.05) is 0 Å². The highest BCUT2D eigenvalue weighted by molar-refractivity contribution is 5.76. The van der Waals surface area contributed by atoms with Crippen molar-refractivity contribution in [3.05, 3.63) is 18.5 Å². The fourth-order valence-electron chi connectivity index (χ4n) is 2.85. The Morgan fingerprint density at radius 3 is 3.18 bits per heavy atom. The largest absolute Gasteiger partial charge is 0.341 e. The molecule has 0 aliphatic carbocycles. The van der Waals surface area contributed by atoms with Gasteiger partial charge in [-0.25, -0.2) is 0 Å². The lowest BCUT2D eigenvalue weighted by Gasteiger charge is -2.17. The monoisotopic (exact) mass is 234 g/mol. The number of likely N-dealkylation sites (tertiary alicyclic amines) is 1. The minimum atomic E-state index is 0.261. The van der Waals surface area contributed by atoms with Crippen molar-refractivity contribution in [2.24, 2.45) is 5.92 Å². The van der Waals surface area contributed by atoms with E-state index in [9.17, 15) is 4.79 Å². The van der Waals surface area contributed by atoms with Gasteiger partial charge in [0.1, 0.15) is 0 Å². The van der Waals surface area contributed by atoms with Crippen LogP contribution in [0.25, 0.3) is 0 Å². The van der Waals surface area contributed by atoms with Gasteiger partial charge in [0.05, 0.1) is 0 Å². The molecule has 5 nitrogen and oxygen atoms in total. The average Bonchev–Trinajstić information content (AvgIpc) is 3.01. The van der Waals surface area contributed by atoms with Crippen LogP contribution in [-0.4, -0.2) is 46.3 Å². The van der Waals surface area contributed by atoms with Crippen molar-refractivity contribution in [1.29, 1.82) is 0 Å². The predicted molar refractivity (Wildman–Crippen MR) is 63.3 cm³/mol. The SMILES string of the molecule is O=C(CCn1cccn1)N1C[C@H]2CCN[C@H]2C1. The van der Waals surface area contributed by atoms with Crippen molar-refractivity contribution in [3.63, 3.8) is 0 Å². The third-order valence-electron chi connectivity index (χ3n) is 3.83. The summed E-state index contributed by atoms with van der Waals surface area (Å²) < 4.78 is 1.81. The van der Waals surface area contributed by atoms with Gasteiger partial charge in [-0.3, -0.25) is 9.48 Å². The van der Waals surface area contributed by atoms with Crippen molar-refractivity contribution in [2.75, 3.05) is 19.6 Å². The van der Waals surface area contributed by atoms with Crippen LogP contribution in [0.3, 0.4) is 0 Å². The van der Waals surface area contributed by atoms with Crippen molar-refractivity contribution in [2.45, 2.75) is 25.4 Å². The second-order valence-corrected chi connectivity index (χ2v) is 4.93. The highest BCUT2D eigenvalue weighted by Crippen LogP contribution is 2.24. The van der Waals surface area contributed by atoms with Gasteiger partial charge in [-0.2, -0.15) is 5.10 Å². The van der Waals surface area contributed by atoms with E-state index in [1.54, 1.807) is 6.20 Å². The number of rotatable bonds is 3. The van der Waals surface area contributed by atoms with Gasteiger partial charge >= 0.3 is 0 Å². The maximum Gasteiger partial charge on any atom is 0.224 e. The normalized spacial score (nSPS) is 27.4. The van der Waals surface area contributed by atoms with Gasteiger partial charge in [0.15, 0.2) is 0 Å². The minimum absolute atomic E-state index is 0.261. The lowest BCUT2D eigenvalue weighted by Crippen LogP contribution is -2.34. The summed E-state index contributed by atoms with van der Waals surface area (Å²) in [5.74, 6) is 0.945. The Morgan fingerprint density at radius 1 is 1.47 bits per heavy atom. The topological polar surface area (TPSA) is 50.2 Å². The molecule has 1 amide bonds. The highest BCUT2D eigenvalue weighted by Gasteiger charge is 2.37. The van der Waals surface area contributed by atoms with Gasteiger partial charge in [-0.05, 0) is 24.9 Å². The van der Waals surface area contributed by atoms with Crippen LogP contribution in [0.15, 0.2) is 18.5 Å². The molecule has 0 saturated carbocycles. The Labute approximate surface area is 101 Å². The molecule has 0 radical (unpaired) electrons. The van der Waals surface area contributed by atoms with Crippen molar-refractivity contribution in [1.82, 2.24) is 20.0 Å². The Balaban J connectivity index is 1.50. The number of aromatic nitrogens is 2. The van der Waals surface area contributed by atoms with E-state index in [1.165, 1.54) is 6.42 Å². The van der Waals surface area contributed by atoms with Gasteiger partial charge in [0.2, 0.25) is 5.91 Å². The first-order valence-electron chi connectivity index (χ1n) is 6.31. The number of carbonyl (C=O) groups excluding carboxylic acids is 1. The van der Waals surface area contributed by atoms with Crippen LogP contribution in [0.2, 0.25) is 0 Å². The molecule has 2 fully saturated rings. The molecule has 17 heavy (non-hydrogen) atoms. The maximum absolute atomic E-state index is 12.0. The number of fused-ring (bicyclic) bond motifs is 1. The van der Waals surface area contributed by atoms with Crippen molar-refractivity contribution in [3.8, 4) is 0 Å². The third kappa shape index (κ3) is 2.20. The second kappa shape index (κ2) is 4.49. The number of carbonyl (C=O) groups is 1. The van der Waals surface area contributed by atoms with Gasteiger partial charge in [0, 0.05) is 44.5 Å². The van der Waals surface area contributed by atoms with Crippen LogP contribution in [0.5, 0.6) is 0 Å². The summed E-state index contributed by atoms with van der Waals surface area (Å²) in [4.78, 5) is 14.0. The quantitative estimate of drug-likeness (QED) is 0.806. The molecule has 3 rings (SSSR count). The van der Waals surface area contributed by atoms with Crippen LogP contribution >= 0.6 is 0 Å². The summed E-state index contributed by atoms with van der Waals surface area (Å²) in [6, 6.07) is 2.43. The molecule has 2 atom stereocenters. The molecule has 0 aromatic carbocycles. The number of nitrogens with one attached hydrogen (secondary N) is 1. The molecule has 1 aromatic rings. The summed E-state index contributed by atoms with van der Waals surface area (Å²) in [6.07, 6.45) is 5.41. The Morgan fingerprint density at radius 2 is 2.41 bits per heavy atom. The molecule has 0 spiro atoms. The molecule has 5 heteroatoms. The summed E-state index contributed by atoms with van der Waals surface area (Å²) in [6.45, 7) is 3.63. The lowest BCUT2D eigenvalue weighted by atomic mass is 10.1. The lowest BCUT2D eigenvalue weighted by molar-refractivity contribution is -0.130. The van der Waals surface area contributed by atoms with E-state index in [4.69, 9.17) is 0 Å². The molecule has 0 unspecified atom stereocenters. The first-order chi connectivity index (χ1) is 8.33. The van der Waals surface area contributed by atoms with E-state index in [0.29, 0.717) is 24.9 Å². The molecule has 2 aliphatic heterocycles. The summed E-state index contributed by atoms with van der Waals surface area (Å²) in [7, 11) is 0. The Kier molecular flexibility index (Phi) is 2.84. The predicted octanol–water partition coefficient (Wildman–Crippen LogP) is 0.0935. The summed E-state index contributed by atoms with van der Waals surface area (Å²) in [5, 5.41) is 7.57. The van der Waals surface area contributed by atoms with Gasteiger partial charge in [-0.15, -0.1) is 0 Å². The summed E-state index contributed by atoms with van der Waals surface area (Å²) in [5.41, 5.74) is 0. The van der Waals surface area contributed by atoms with E-state index in [-0.39, 0.29) is 5.91 Å². The molecule has 0 bridgehead atoms. The first kappa shape index (κ1) is 10.8. The first-order valence-corrected chi connectivity index (χ1v) is 6.31. The highest BCUT2D eigenvalue weighted by atomic mass is 16.2. The van der Waals surface area contributed by atoms with Crippen LogP contribution in [-0.2, 0) is 11.3 Å². The number of aryl methyl sites for hydroxylation is 1. The standard InChI is InChI=1S/C12H18N4O/c17-12(3-7-16-6-1-4-14-16)15-8-10-2-5-13-11(10)9-15/h1,4,6,10-11,13H,2-3,5,7-9H2/t10-,11+/m1/s1.